The first-order chi connectivity index (χ1) is 14.5. The molecular weight excluding hydrogens is 437 g/mol. The van der Waals surface area contributed by atoms with Crippen molar-refractivity contribution in [2.75, 3.05) is 6.54 Å². The van der Waals surface area contributed by atoms with Gasteiger partial charge in [-0.05, 0) is 36.4 Å². The summed E-state index contributed by atoms with van der Waals surface area (Å²) in [6.07, 6.45) is -4.99. The minimum atomic E-state index is -4.87. The van der Waals surface area contributed by atoms with Gasteiger partial charge in [0.25, 0.3) is 0 Å². The van der Waals surface area contributed by atoms with E-state index < -0.39 is 22.1 Å². The minimum absolute atomic E-state index is 0.127. The van der Waals surface area contributed by atoms with Gasteiger partial charge in [-0.3, -0.25) is 4.79 Å². The van der Waals surface area contributed by atoms with Crippen LogP contribution in [0.5, 0.6) is 5.75 Å². The Balaban J connectivity index is 1.49. The molecule has 0 fully saturated rings. The highest BCUT2D eigenvalue weighted by atomic mass is 32.2. The Morgan fingerprint density at radius 1 is 1.13 bits per heavy atom. The van der Waals surface area contributed by atoms with Gasteiger partial charge in [0.15, 0.2) is 0 Å². The molecule has 12 heteroatoms. The molecule has 0 aliphatic carbocycles. The number of hydrogen-bond donors (Lipinski definition) is 2. The molecule has 0 spiro atoms. The molecule has 0 saturated carbocycles. The normalized spacial score (nSPS) is 12.1. The van der Waals surface area contributed by atoms with Gasteiger partial charge in [0.1, 0.15) is 11.6 Å². The van der Waals surface area contributed by atoms with Crippen LogP contribution in [0.3, 0.4) is 0 Å². The number of carbonyl (C=O) groups is 1. The number of imidazole rings is 1. The van der Waals surface area contributed by atoms with Gasteiger partial charge in [0.05, 0.1) is 22.5 Å². The summed E-state index contributed by atoms with van der Waals surface area (Å²) in [5.74, 6) is -0.271. The lowest BCUT2D eigenvalue weighted by Gasteiger charge is -2.10. The van der Waals surface area contributed by atoms with Crippen LogP contribution in [0.25, 0.3) is 11.0 Å². The van der Waals surface area contributed by atoms with Crippen molar-refractivity contribution in [2.24, 2.45) is 7.05 Å². The number of alkyl halides is 3. The summed E-state index contributed by atoms with van der Waals surface area (Å²) in [7, 11) is -2.16. The van der Waals surface area contributed by atoms with Crippen LogP contribution in [0.2, 0.25) is 0 Å². The van der Waals surface area contributed by atoms with E-state index in [1.807, 2.05) is 35.9 Å². The number of halogens is 3. The van der Waals surface area contributed by atoms with Crippen molar-refractivity contribution in [3.63, 3.8) is 0 Å². The smallest absolute Gasteiger partial charge is 0.406 e. The quantitative estimate of drug-likeness (QED) is 0.542. The third kappa shape index (κ3) is 5.95. The Kier molecular flexibility index (Phi) is 6.51. The molecule has 2 aromatic carbocycles. The molecule has 0 atom stereocenters. The molecule has 0 saturated heterocycles. The van der Waals surface area contributed by atoms with Crippen LogP contribution in [-0.2, 0) is 28.4 Å². The number of fused-ring (bicyclic) bond motifs is 1. The predicted octanol–water partition coefficient (Wildman–Crippen LogP) is 2.46. The second-order valence-corrected chi connectivity index (χ2v) is 8.29. The van der Waals surface area contributed by atoms with Crippen LogP contribution >= 0.6 is 0 Å². The van der Waals surface area contributed by atoms with Gasteiger partial charge in [0, 0.05) is 20.0 Å². The molecule has 0 radical (unpaired) electrons. The zero-order valence-corrected chi connectivity index (χ0v) is 17.1. The third-order valence-electron chi connectivity index (χ3n) is 4.34. The molecular formula is C19H19F3N4O4S. The van der Waals surface area contributed by atoms with E-state index in [4.69, 9.17) is 0 Å². The van der Waals surface area contributed by atoms with Gasteiger partial charge < -0.3 is 14.6 Å². The van der Waals surface area contributed by atoms with Crippen molar-refractivity contribution in [2.45, 2.75) is 24.2 Å². The van der Waals surface area contributed by atoms with Crippen molar-refractivity contribution in [1.29, 1.82) is 0 Å². The summed E-state index contributed by atoms with van der Waals surface area (Å²) in [5.41, 5.74) is 1.72. The monoisotopic (exact) mass is 456 g/mol. The van der Waals surface area contributed by atoms with Crippen LogP contribution in [0.15, 0.2) is 53.4 Å². The van der Waals surface area contributed by atoms with Crippen LogP contribution in [0.1, 0.15) is 12.2 Å². The van der Waals surface area contributed by atoms with Crippen LogP contribution in [0.4, 0.5) is 13.2 Å². The largest absolute Gasteiger partial charge is 0.573 e. The fraction of sp³-hybridized carbons (Fsp3) is 0.263. The number of benzene rings is 2. The molecule has 0 aliphatic rings. The van der Waals surface area contributed by atoms with Crippen LogP contribution in [-0.4, -0.2) is 36.8 Å². The molecule has 1 heterocycles. The van der Waals surface area contributed by atoms with Crippen LogP contribution in [0, 0.1) is 0 Å². The highest BCUT2D eigenvalue weighted by molar-refractivity contribution is 7.89. The van der Waals surface area contributed by atoms with E-state index in [0.29, 0.717) is 5.82 Å². The van der Waals surface area contributed by atoms with Gasteiger partial charge in [-0.15, -0.1) is 13.2 Å². The van der Waals surface area contributed by atoms with Crippen molar-refractivity contribution in [1.82, 2.24) is 19.6 Å². The lowest BCUT2D eigenvalue weighted by Crippen LogP contribution is -2.31. The highest BCUT2D eigenvalue weighted by Gasteiger charge is 2.31. The number of nitrogens with zero attached hydrogens (tertiary/aromatic N) is 2. The second kappa shape index (κ2) is 8.94. The fourth-order valence-electron chi connectivity index (χ4n) is 2.82. The molecule has 1 aromatic heterocycles. The zero-order chi connectivity index (χ0) is 22.6. The summed E-state index contributed by atoms with van der Waals surface area (Å²) >= 11 is 0. The molecule has 8 nitrogen and oxygen atoms in total. The summed E-state index contributed by atoms with van der Waals surface area (Å²) in [6.45, 7) is -0.00502. The number of aromatic nitrogens is 2. The molecule has 2 N–H and O–H groups in total. The number of amides is 1. The second-order valence-electron chi connectivity index (χ2n) is 6.52. The molecule has 166 valence electrons. The summed E-state index contributed by atoms with van der Waals surface area (Å²) in [4.78, 5) is 16.2. The predicted molar refractivity (Wildman–Crippen MR) is 105 cm³/mol. The molecule has 1 amide bonds. The number of rotatable bonds is 8. The van der Waals surface area contributed by atoms with Gasteiger partial charge in [-0.1, -0.05) is 12.1 Å². The third-order valence-corrected chi connectivity index (χ3v) is 5.81. The number of para-hydroxylation sites is 2. The van der Waals surface area contributed by atoms with E-state index in [1.165, 1.54) is 0 Å². The first kappa shape index (κ1) is 22.6. The number of hydrogen-bond acceptors (Lipinski definition) is 5. The van der Waals surface area contributed by atoms with Crippen LogP contribution < -0.4 is 14.8 Å². The van der Waals surface area contributed by atoms with E-state index in [0.717, 1.165) is 35.3 Å². The minimum Gasteiger partial charge on any atom is -0.406 e. The van der Waals surface area contributed by atoms with Gasteiger partial charge in [-0.25, -0.2) is 18.1 Å². The number of ether oxygens (including phenoxy) is 1. The van der Waals surface area contributed by atoms with E-state index in [1.54, 1.807) is 0 Å². The van der Waals surface area contributed by atoms with E-state index in [2.05, 4.69) is 19.8 Å². The van der Waals surface area contributed by atoms with E-state index in [9.17, 15) is 26.4 Å². The zero-order valence-electron chi connectivity index (χ0n) is 16.3. The van der Waals surface area contributed by atoms with Crippen molar-refractivity contribution < 1.29 is 31.1 Å². The topological polar surface area (TPSA) is 102 Å². The molecule has 0 aliphatic heterocycles. The first-order valence-electron chi connectivity index (χ1n) is 9.08. The van der Waals surface area contributed by atoms with E-state index in [-0.39, 0.29) is 30.3 Å². The maximum Gasteiger partial charge on any atom is 0.573 e. The Hall–Kier alpha value is -3.12. The molecule has 3 rings (SSSR count). The Labute approximate surface area is 176 Å². The number of nitrogens with one attached hydrogen (secondary N) is 2. The average Bonchev–Trinajstić information content (AvgIpc) is 3.01. The maximum absolute atomic E-state index is 12.2. The first-order valence-corrected chi connectivity index (χ1v) is 10.6. The highest BCUT2D eigenvalue weighted by Crippen LogP contribution is 2.23. The molecule has 0 bridgehead atoms. The summed E-state index contributed by atoms with van der Waals surface area (Å²) < 4.78 is 68.7. The fourth-order valence-corrected chi connectivity index (χ4v) is 3.85. The molecule has 0 unspecified atom stereocenters. The number of carbonyl (C=O) groups excluding carboxylic acids is 1. The average molecular weight is 456 g/mol. The Morgan fingerprint density at radius 3 is 2.45 bits per heavy atom. The lowest BCUT2D eigenvalue weighted by atomic mass is 10.3. The van der Waals surface area contributed by atoms with Crippen molar-refractivity contribution >= 4 is 27.0 Å². The van der Waals surface area contributed by atoms with E-state index >= 15 is 0 Å². The maximum atomic E-state index is 12.2. The van der Waals surface area contributed by atoms with Gasteiger partial charge in [0.2, 0.25) is 15.9 Å². The van der Waals surface area contributed by atoms with Crippen molar-refractivity contribution in [3.05, 3.63) is 54.4 Å². The summed E-state index contributed by atoms with van der Waals surface area (Å²) in [6, 6.07) is 11.3. The van der Waals surface area contributed by atoms with Gasteiger partial charge >= 0.3 is 6.36 Å². The van der Waals surface area contributed by atoms with Crippen molar-refractivity contribution in [3.8, 4) is 5.75 Å². The standard InChI is InChI=1S/C19H19F3N4O4S/c1-26-16-5-3-2-4-15(16)25-17(26)12-23-18(27)10-11-24-31(28,29)14-8-6-13(7-9-14)30-19(20,21)22/h2-9,24H,10-12H2,1H3,(H,23,27). The summed E-state index contributed by atoms with van der Waals surface area (Å²) in [5, 5.41) is 2.68. The Bertz CT molecular complexity index is 1180. The molecule has 3 aromatic rings. The Morgan fingerprint density at radius 2 is 1.81 bits per heavy atom. The number of aryl methyl sites for hydroxylation is 1. The SMILES string of the molecule is Cn1c(CNC(=O)CCNS(=O)(=O)c2ccc(OC(F)(F)F)cc2)nc2ccccc21. The molecule has 31 heavy (non-hydrogen) atoms. The number of sulfonamides is 1. The van der Waals surface area contributed by atoms with Gasteiger partial charge in [-0.2, -0.15) is 0 Å². The lowest BCUT2D eigenvalue weighted by molar-refractivity contribution is -0.274.